The van der Waals surface area contributed by atoms with Crippen LogP contribution < -0.4 is 0 Å². The smallest absolute Gasteiger partial charge is 0.301 e. The van der Waals surface area contributed by atoms with Gasteiger partial charge in [-0.3, -0.25) is 4.57 Å². The molecule has 7 heteroatoms. The number of hydrogen-bond donors (Lipinski definition) is 0. The van der Waals surface area contributed by atoms with E-state index in [9.17, 15) is 13.2 Å². The van der Waals surface area contributed by atoms with Crippen LogP contribution in [-0.2, 0) is 6.18 Å². The molecule has 122 valence electrons. The van der Waals surface area contributed by atoms with Gasteiger partial charge in [0.15, 0.2) is 0 Å². The highest BCUT2D eigenvalue weighted by atomic mass is 79.9. The minimum Gasteiger partial charge on any atom is -0.301 e. The minimum absolute atomic E-state index is 0.206. The summed E-state index contributed by atoms with van der Waals surface area (Å²) in [7, 11) is 0. The minimum atomic E-state index is -4.45. The van der Waals surface area contributed by atoms with Gasteiger partial charge < -0.3 is 4.40 Å². The largest absolute Gasteiger partial charge is 0.416 e. The van der Waals surface area contributed by atoms with E-state index in [4.69, 9.17) is 11.6 Å². The molecular formula is C17H9BrClF3N2. The van der Waals surface area contributed by atoms with E-state index < -0.39 is 11.7 Å². The topological polar surface area (TPSA) is 9.34 Å². The fourth-order valence-electron chi connectivity index (χ4n) is 2.83. The quantitative estimate of drug-likeness (QED) is 0.345. The van der Waals surface area contributed by atoms with Gasteiger partial charge in [-0.15, -0.1) is 0 Å². The SMILES string of the molecule is FC(F)(F)c1cc(Br)c(Cl)c(-n2ccn3c4ccccc4cc23)c1. The Bertz CT molecular complexity index is 1080. The first-order chi connectivity index (χ1) is 11.4. The first kappa shape index (κ1) is 15.6. The van der Waals surface area contributed by atoms with Crippen LogP contribution in [0.25, 0.3) is 22.2 Å². The first-order valence-corrected chi connectivity index (χ1v) is 8.17. The van der Waals surface area contributed by atoms with Crippen molar-refractivity contribution in [2.24, 2.45) is 0 Å². The van der Waals surface area contributed by atoms with Crippen molar-refractivity contribution >= 4 is 44.1 Å². The summed E-state index contributed by atoms with van der Waals surface area (Å²) in [5.74, 6) is 0. The van der Waals surface area contributed by atoms with Crippen molar-refractivity contribution in [1.82, 2.24) is 8.97 Å². The fraction of sp³-hybridized carbons (Fsp3) is 0.0588. The van der Waals surface area contributed by atoms with Crippen molar-refractivity contribution in [3.63, 3.8) is 0 Å². The van der Waals surface area contributed by atoms with Crippen molar-refractivity contribution in [1.29, 1.82) is 0 Å². The number of aromatic nitrogens is 2. The average Bonchev–Trinajstić information content (AvgIpc) is 3.08. The highest BCUT2D eigenvalue weighted by Crippen LogP contribution is 2.38. The van der Waals surface area contributed by atoms with Gasteiger partial charge in [0.25, 0.3) is 0 Å². The van der Waals surface area contributed by atoms with Crippen LogP contribution in [0.1, 0.15) is 5.56 Å². The Balaban J connectivity index is 2.02. The Morgan fingerprint density at radius 1 is 1.00 bits per heavy atom. The van der Waals surface area contributed by atoms with Crippen LogP contribution in [0.4, 0.5) is 13.2 Å². The second-order valence-electron chi connectivity index (χ2n) is 5.39. The molecule has 2 heterocycles. The van der Waals surface area contributed by atoms with E-state index in [1.807, 2.05) is 40.9 Å². The molecule has 0 saturated carbocycles. The molecule has 24 heavy (non-hydrogen) atoms. The molecule has 4 aromatic rings. The number of para-hydroxylation sites is 1. The molecule has 0 saturated heterocycles. The van der Waals surface area contributed by atoms with E-state index >= 15 is 0 Å². The monoisotopic (exact) mass is 412 g/mol. The number of halogens is 5. The molecule has 0 unspecified atom stereocenters. The van der Waals surface area contributed by atoms with Gasteiger partial charge in [0.05, 0.1) is 21.8 Å². The summed E-state index contributed by atoms with van der Waals surface area (Å²) in [6.07, 6.45) is -0.935. The Labute approximate surface area is 148 Å². The number of benzene rings is 2. The highest BCUT2D eigenvalue weighted by molar-refractivity contribution is 9.10. The molecule has 0 spiro atoms. The van der Waals surface area contributed by atoms with Gasteiger partial charge in [-0.25, -0.2) is 0 Å². The summed E-state index contributed by atoms with van der Waals surface area (Å²) < 4.78 is 43.1. The predicted octanol–water partition coefficient (Wildman–Crippen LogP) is 6.32. The van der Waals surface area contributed by atoms with Gasteiger partial charge in [-0.05, 0) is 40.2 Å². The van der Waals surface area contributed by atoms with Gasteiger partial charge in [-0.2, -0.15) is 13.2 Å². The van der Waals surface area contributed by atoms with Crippen molar-refractivity contribution in [3.05, 3.63) is 69.9 Å². The summed E-state index contributed by atoms with van der Waals surface area (Å²) in [6, 6.07) is 11.7. The van der Waals surface area contributed by atoms with Crippen LogP contribution in [0.15, 0.2) is 59.3 Å². The molecule has 2 aromatic heterocycles. The number of imidazole rings is 1. The van der Waals surface area contributed by atoms with Gasteiger partial charge in [0.2, 0.25) is 0 Å². The zero-order chi connectivity index (χ0) is 17.1. The number of nitrogens with zero attached hydrogens (tertiary/aromatic N) is 2. The molecular weight excluding hydrogens is 405 g/mol. The summed E-state index contributed by atoms with van der Waals surface area (Å²) in [4.78, 5) is 0. The standard InChI is InChI=1S/C17H9BrClF3N2/c18-12-8-11(17(20,21)22)9-14(16(12)19)24-6-5-23-13-4-2-1-3-10(13)7-15(23)24/h1-9H. The Morgan fingerprint density at radius 3 is 2.50 bits per heavy atom. The third-order valence-electron chi connectivity index (χ3n) is 3.94. The van der Waals surface area contributed by atoms with Crippen LogP contribution in [0.5, 0.6) is 0 Å². The lowest BCUT2D eigenvalue weighted by Crippen LogP contribution is -2.07. The Morgan fingerprint density at radius 2 is 1.75 bits per heavy atom. The number of rotatable bonds is 1. The Kier molecular flexibility index (Phi) is 3.44. The molecule has 0 atom stereocenters. The predicted molar refractivity (Wildman–Crippen MR) is 91.9 cm³/mol. The molecule has 0 N–H and O–H groups in total. The summed E-state index contributed by atoms with van der Waals surface area (Å²) in [5, 5.41) is 1.23. The summed E-state index contributed by atoms with van der Waals surface area (Å²) in [6.45, 7) is 0. The maximum atomic E-state index is 13.1. The molecule has 2 aromatic carbocycles. The van der Waals surface area contributed by atoms with Gasteiger partial charge in [0.1, 0.15) is 5.65 Å². The van der Waals surface area contributed by atoms with Crippen molar-refractivity contribution in [2.75, 3.05) is 0 Å². The van der Waals surface area contributed by atoms with E-state index in [0.29, 0.717) is 0 Å². The molecule has 0 aliphatic heterocycles. The van der Waals surface area contributed by atoms with Crippen LogP contribution in [0.2, 0.25) is 5.02 Å². The molecule has 2 nitrogen and oxygen atoms in total. The van der Waals surface area contributed by atoms with E-state index in [2.05, 4.69) is 15.9 Å². The van der Waals surface area contributed by atoms with Crippen LogP contribution in [0, 0.1) is 0 Å². The second kappa shape index (κ2) is 5.29. The third kappa shape index (κ3) is 2.32. The first-order valence-electron chi connectivity index (χ1n) is 7.00. The number of hydrogen-bond acceptors (Lipinski definition) is 0. The van der Waals surface area contributed by atoms with E-state index in [1.54, 1.807) is 10.8 Å². The highest BCUT2D eigenvalue weighted by Gasteiger charge is 2.32. The second-order valence-corrected chi connectivity index (χ2v) is 6.62. The number of alkyl halides is 3. The summed E-state index contributed by atoms with van der Waals surface area (Å²) in [5.41, 5.74) is 1.24. The number of fused-ring (bicyclic) bond motifs is 3. The fourth-order valence-corrected chi connectivity index (χ4v) is 3.48. The molecule has 0 fully saturated rings. The molecule has 0 aliphatic carbocycles. The van der Waals surface area contributed by atoms with Gasteiger partial charge in [0, 0.05) is 22.3 Å². The van der Waals surface area contributed by atoms with Crippen molar-refractivity contribution in [3.8, 4) is 5.69 Å². The summed E-state index contributed by atoms with van der Waals surface area (Å²) >= 11 is 9.38. The molecule has 0 radical (unpaired) electrons. The molecule has 4 rings (SSSR count). The molecule has 0 aliphatic rings. The van der Waals surface area contributed by atoms with Gasteiger partial charge in [-0.1, -0.05) is 29.8 Å². The molecule has 0 bridgehead atoms. The zero-order valence-corrected chi connectivity index (χ0v) is 14.3. The third-order valence-corrected chi connectivity index (χ3v) is 5.19. The Hall–Kier alpha value is -1.92. The molecule has 0 amide bonds. The van der Waals surface area contributed by atoms with E-state index in [0.717, 1.165) is 28.7 Å². The maximum absolute atomic E-state index is 13.1. The van der Waals surface area contributed by atoms with Crippen LogP contribution in [0.3, 0.4) is 0 Å². The van der Waals surface area contributed by atoms with Gasteiger partial charge >= 0.3 is 6.18 Å². The normalized spacial score (nSPS) is 12.4. The maximum Gasteiger partial charge on any atom is 0.416 e. The average molecular weight is 414 g/mol. The van der Waals surface area contributed by atoms with Crippen LogP contribution in [-0.4, -0.2) is 8.97 Å². The van der Waals surface area contributed by atoms with E-state index in [-0.39, 0.29) is 15.2 Å². The lowest BCUT2D eigenvalue weighted by molar-refractivity contribution is -0.137. The van der Waals surface area contributed by atoms with Crippen molar-refractivity contribution < 1.29 is 13.2 Å². The van der Waals surface area contributed by atoms with Crippen molar-refractivity contribution in [2.45, 2.75) is 6.18 Å². The van der Waals surface area contributed by atoms with Crippen LogP contribution >= 0.6 is 27.5 Å². The zero-order valence-electron chi connectivity index (χ0n) is 12.0. The lowest BCUT2D eigenvalue weighted by Gasteiger charge is -2.13. The lowest BCUT2D eigenvalue weighted by atomic mass is 10.2. The van der Waals surface area contributed by atoms with E-state index in [1.165, 1.54) is 0 Å².